The Balaban J connectivity index is 1.54. The second kappa shape index (κ2) is 7.70. The molecule has 0 saturated heterocycles. The molecule has 0 aliphatic heterocycles. The summed E-state index contributed by atoms with van der Waals surface area (Å²) in [6.07, 6.45) is 2.39. The topological polar surface area (TPSA) is 69.0 Å². The maximum Gasteiger partial charge on any atom is 0.234 e. The number of anilines is 1. The highest BCUT2D eigenvalue weighted by Crippen LogP contribution is 2.39. The number of aromatic nitrogens is 3. The van der Waals surface area contributed by atoms with Gasteiger partial charge >= 0.3 is 0 Å². The molecule has 1 amide bonds. The highest BCUT2D eigenvalue weighted by molar-refractivity contribution is 7.99. The Morgan fingerprint density at radius 1 is 1.29 bits per heavy atom. The number of hydrogen-bond acceptors (Lipinski definition) is 5. The van der Waals surface area contributed by atoms with Gasteiger partial charge in [0.15, 0.2) is 5.16 Å². The molecule has 1 aliphatic rings. The molecule has 0 unspecified atom stereocenters. The van der Waals surface area contributed by atoms with Crippen LogP contribution in [0.1, 0.15) is 38.4 Å². The molecule has 1 fully saturated rings. The number of nitrogens with one attached hydrogen (secondary N) is 1. The molecule has 0 atom stereocenters. The molecule has 1 aromatic heterocycles. The minimum Gasteiger partial charge on any atom is -0.494 e. The van der Waals surface area contributed by atoms with E-state index in [1.54, 1.807) is 0 Å². The Hall–Kier alpha value is -2.02. The fourth-order valence-electron chi connectivity index (χ4n) is 2.48. The van der Waals surface area contributed by atoms with E-state index in [-0.39, 0.29) is 5.91 Å². The van der Waals surface area contributed by atoms with E-state index in [0.29, 0.717) is 18.3 Å². The van der Waals surface area contributed by atoms with Crippen LogP contribution in [0.3, 0.4) is 0 Å². The summed E-state index contributed by atoms with van der Waals surface area (Å²) in [6.45, 7) is 5.49. The molecule has 1 saturated carbocycles. The van der Waals surface area contributed by atoms with Gasteiger partial charge in [-0.1, -0.05) is 11.8 Å². The maximum atomic E-state index is 12.1. The van der Waals surface area contributed by atoms with Crippen LogP contribution in [-0.4, -0.2) is 33.0 Å². The number of thioether (sulfide) groups is 1. The van der Waals surface area contributed by atoms with E-state index in [4.69, 9.17) is 4.74 Å². The van der Waals surface area contributed by atoms with Crippen molar-refractivity contribution in [1.82, 2.24) is 14.8 Å². The Morgan fingerprint density at radius 2 is 2.04 bits per heavy atom. The normalized spacial score (nSPS) is 13.8. The second-order valence-electron chi connectivity index (χ2n) is 5.65. The van der Waals surface area contributed by atoms with E-state index in [1.807, 2.05) is 31.2 Å². The lowest BCUT2D eigenvalue weighted by Crippen LogP contribution is -2.14. The summed E-state index contributed by atoms with van der Waals surface area (Å²) < 4.78 is 7.51. The number of carbonyl (C=O) groups is 1. The van der Waals surface area contributed by atoms with Gasteiger partial charge in [-0.2, -0.15) is 0 Å². The number of nitrogens with zero attached hydrogens (tertiary/aromatic N) is 3. The van der Waals surface area contributed by atoms with Crippen molar-refractivity contribution in [2.24, 2.45) is 0 Å². The fraction of sp³-hybridized carbons (Fsp3) is 0.471. The van der Waals surface area contributed by atoms with E-state index in [2.05, 4.69) is 27.0 Å². The van der Waals surface area contributed by atoms with Crippen LogP contribution >= 0.6 is 11.8 Å². The van der Waals surface area contributed by atoms with Crippen LogP contribution in [0.5, 0.6) is 5.75 Å². The van der Waals surface area contributed by atoms with Gasteiger partial charge in [0.05, 0.1) is 12.4 Å². The largest absolute Gasteiger partial charge is 0.494 e. The molecule has 7 heteroatoms. The third-order valence-electron chi connectivity index (χ3n) is 3.79. The summed E-state index contributed by atoms with van der Waals surface area (Å²) in [5.74, 6) is 2.68. The van der Waals surface area contributed by atoms with Crippen molar-refractivity contribution in [3.8, 4) is 5.75 Å². The lowest BCUT2D eigenvalue weighted by atomic mass is 10.3. The van der Waals surface area contributed by atoms with Crippen LogP contribution in [0.2, 0.25) is 0 Å². The molecule has 1 aliphatic carbocycles. The Morgan fingerprint density at radius 3 is 2.67 bits per heavy atom. The minimum absolute atomic E-state index is 0.0530. The monoisotopic (exact) mass is 346 g/mol. The number of amides is 1. The van der Waals surface area contributed by atoms with Crippen molar-refractivity contribution in [2.75, 3.05) is 17.7 Å². The fourth-order valence-corrected chi connectivity index (χ4v) is 3.29. The van der Waals surface area contributed by atoms with Crippen molar-refractivity contribution >= 4 is 23.4 Å². The van der Waals surface area contributed by atoms with E-state index in [1.165, 1.54) is 24.6 Å². The standard InChI is InChI=1S/C17H22N4O2S/c1-3-21-16(12-5-6-12)19-20-17(21)24-11-15(22)18-13-7-9-14(10-8-13)23-4-2/h7-10,12H,3-6,11H2,1-2H3,(H,18,22). The van der Waals surface area contributed by atoms with Gasteiger partial charge in [0.1, 0.15) is 11.6 Å². The molecule has 0 bridgehead atoms. The summed E-state index contributed by atoms with van der Waals surface area (Å²) in [5.41, 5.74) is 0.764. The van der Waals surface area contributed by atoms with E-state index >= 15 is 0 Å². The average Bonchev–Trinajstić information content (AvgIpc) is 3.35. The van der Waals surface area contributed by atoms with Gasteiger partial charge in [-0.25, -0.2) is 0 Å². The average molecular weight is 346 g/mol. The lowest BCUT2D eigenvalue weighted by molar-refractivity contribution is -0.113. The van der Waals surface area contributed by atoms with Gasteiger partial charge in [-0.15, -0.1) is 10.2 Å². The first-order valence-corrected chi connectivity index (χ1v) is 9.28. The van der Waals surface area contributed by atoms with Gasteiger partial charge in [-0.3, -0.25) is 4.79 Å². The number of hydrogen-bond donors (Lipinski definition) is 1. The molecule has 24 heavy (non-hydrogen) atoms. The number of benzene rings is 1. The van der Waals surface area contributed by atoms with Crippen molar-refractivity contribution in [3.63, 3.8) is 0 Å². The molecule has 0 radical (unpaired) electrons. The Labute approximate surface area is 146 Å². The predicted molar refractivity (Wildman–Crippen MR) is 94.6 cm³/mol. The van der Waals surface area contributed by atoms with E-state index in [0.717, 1.165) is 29.0 Å². The SMILES string of the molecule is CCOc1ccc(NC(=O)CSc2nnc(C3CC3)n2CC)cc1. The molecular formula is C17H22N4O2S. The Kier molecular flexibility index (Phi) is 5.40. The molecule has 6 nitrogen and oxygen atoms in total. The van der Waals surface area contributed by atoms with Gasteiger partial charge in [0, 0.05) is 18.2 Å². The van der Waals surface area contributed by atoms with Crippen LogP contribution in [0, 0.1) is 0 Å². The van der Waals surface area contributed by atoms with Gasteiger partial charge in [0.2, 0.25) is 5.91 Å². The Bertz CT molecular complexity index is 695. The highest BCUT2D eigenvalue weighted by Gasteiger charge is 2.30. The van der Waals surface area contributed by atoms with E-state index in [9.17, 15) is 4.79 Å². The van der Waals surface area contributed by atoms with Crippen LogP contribution in [0.4, 0.5) is 5.69 Å². The zero-order valence-corrected chi connectivity index (χ0v) is 14.8. The van der Waals surface area contributed by atoms with Crippen LogP contribution in [-0.2, 0) is 11.3 Å². The van der Waals surface area contributed by atoms with Crippen molar-refractivity contribution in [3.05, 3.63) is 30.1 Å². The molecule has 3 rings (SSSR count). The van der Waals surface area contributed by atoms with Crippen molar-refractivity contribution in [2.45, 2.75) is 44.3 Å². The summed E-state index contributed by atoms with van der Waals surface area (Å²) in [5, 5.41) is 12.2. The summed E-state index contributed by atoms with van der Waals surface area (Å²) in [7, 11) is 0. The molecular weight excluding hydrogens is 324 g/mol. The molecule has 2 aromatic rings. The third-order valence-corrected chi connectivity index (χ3v) is 4.75. The third kappa shape index (κ3) is 4.08. The molecule has 1 heterocycles. The molecule has 1 aromatic carbocycles. The summed E-state index contributed by atoms with van der Waals surface area (Å²) in [4.78, 5) is 12.1. The number of carbonyl (C=O) groups excluding carboxylic acids is 1. The highest BCUT2D eigenvalue weighted by atomic mass is 32.2. The van der Waals surface area contributed by atoms with Crippen molar-refractivity contribution in [1.29, 1.82) is 0 Å². The lowest BCUT2D eigenvalue weighted by Gasteiger charge is -2.08. The molecule has 128 valence electrons. The number of ether oxygens (including phenoxy) is 1. The second-order valence-corrected chi connectivity index (χ2v) is 6.60. The summed E-state index contributed by atoms with van der Waals surface area (Å²) >= 11 is 1.43. The summed E-state index contributed by atoms with van der Waals surface area (Å²) in [6, 6.07) is 7.38. The zero-order chi connectivity index (χ0) is 16.9. The van der Waals surface area contributed by atoms with Gasteiger partial charge in [0.25, 0.3) is 0 Å². The van der Waals surface area contributed by atoms with Crippen LogP contribution in [0.25, 0.3) is 0 Å². The van der Waals surface area contributed by atoms with Gasteiger partial charge < -0.3 is 14.6 Å². The first-order valence-electron chi connectivity index (χ1n) is 8.29. The van der Waals surface area contributed by atoms with Crippen LogP contribution in [0.15, 0.2) is 29.4 Å². The molecule has 1 N–H and O–H groups in total. The van der Waals surface area contributed by atoms with Crippen molar-refractivity contribution < 1.29 is 9.53 Å². The quantitative estimate of drug-likeness (QED) is 0.743. The maximum absolute atomic E-state index is 12.1. The first kappa shape index (κ1) is 16.8. The van der Waals surface area contributed by atoms with E-state index < -0.39 is 0 Å². The molecule has 0 spiro atoms. The zero-order valence-electron chi connectivity index (χ0n) is 14.0. The minimum atomic E-state index is -0.0530. The smallest absolute Gasteiger partial charge is 0.234 e. The number of rotatable bonds is 8. The van der Waals surface area contributed by atoms with Gasteiger partial charge in [-0.05, 0) is 51.0 Å². The first-order chi connectivity index (χ1) is 11.7. The predicted octanol–water partition coefficient (Wildman–Crippen LogP) is 3.30. The van der Waals surface area contributed by atoms with Crippen LogP contribution < -0.4 is 10.1 Å².